The van der Waals surface area contributed by atoms with Crippen LogP contribution in [0.3, 0.4) is 0 Å². The number of cyclic esters (lactones) is 1. The summed E-state index contributed by atoms with van der Waals surface area (Å²) in [6.07, 6.45) is 3.76. The van der Waals surface area contributed by atoms with Crippen molar-refractivity contribution in [2.24, 2.45) is 0 Å². The van der Waals surface area contributed by atoms with Gasteiger partial charge in [-0.1, -0.05) is 42.5 Å². The Hall–Kier alpha value is -1.77. The van der Waals surface area contributed by atoms with E-state index in [-0.39, 0.29) is 6.09 Å². The maximum Gasteiger partial charge on any atom is 0.410 e. The van der Waals surface area contributed by atoms with Crippen LogP contribution in [-0.4, -0.2) is 30.7 Å². The highest BCUT2D eigenvalue weighted by molar-refractivity contribution is 5.69. The van der Waals surface area contributed by atoms with E-state index >= 15 is 0 Å². The van der Waals surface area contributed by atoms with Crippen LogP contribution in [0.4, 0.5) is 4.79 Å². The van der Waals surface area contributed by atoms with Crippen molar-refractivity contribution in [2.45, 2.75) is 0 Å². The van der Waals surface area contributed by atoms with Gasteiger partial charge in [0.15, 0.2) is 0 Å². The molecule has 1 heterocycles. The predicted molar refractivity (Wildman–Crippen MR) is 58.4 cm³/mol. The molecule has 1 amide bonds. The lowest BCUT2D eigenvalue weighted by molar-refractivity contribution is 0.161. The van der Waals surface area contributed by atoms with E-state index in [0.29, 0.717) is 19.7 Å². The molecule has 15 heavy (non-hydrogen) atoms. The van der Waals surface area contributed by atoms with E-state index in [1.807, 2.05) is 42.5 Å². The summed E-state index contributed by atoms with van der Waals surface area (Å²) < 4.78 is 4.82. The van der Waals surface area contributed by atoms with Crippen molar-refractivity contribution in [3.05, 3.63) is 42.0 Å². The van der Waals surface area contributed by atoms with Crippen LogP contribution in [0.5, 0.6) is 0 Å². The van der Waals surface area contributed by atoms with E-state index in [1.165, 1.54) is 0 Å². The smallest absolute Gasteiger partial charge is 0.410 e. The highest BCUT2D eigenvalue weighted by atomic mass is 16.6. The summed E-state index contributed by atoms with van der Waals surface area (Å²) in [5, 5.41) is 0. The lowest BCUT2D eigenvalue weighted by atomic mass is 10.2. The van der Waals surface area contributed by atoms with Crippen molar-refractivity contribution < 1.29 is 9.53 Å². The van der Waals surface area contributed by atoms with Gasteiger partial charge in [-0.05, 0) is 5.56 Å². The van der Waals surface area contributed by atoms with Crippen molar-refractivity contribution in [1.29, 1.82) is 0 Å². The van der Waals surface area contributed by atoms with Gasteiger partial charge < -0.3 is 9.64 Å². The molecule has 78 valence electrons. The van der Waals surface area contributed by atoms with Gasteiger partial charge in [0.2, 0.25) is 0 Å². The largest absolute Gasteiger partial charge is 0.448 e. The van der Waals surface area contributed by atoms with Crippen molar-refractivity contribution in [3.63, 3.8) is 0 Å². The number of carbonyl (C=O) groups excluding carboxylic acids is 1. The average Bonchev–Trinajstić information content (AvgIpc) is 2.66. The molecule has 1 aliphatic rings. The van der Waals surface area contributed by atoms with E-state index in [1.54, 1.807) is 4.90 Å². The van der Waals surface area contributed by atoms with Crippen LogP contribution in [0.15, 0.2) is 36.4 Å². The monoisotopic (exact) mass is 203 g/mol. The van der Waals surface area contributed by atoms with E-state index in [2.05, 4.69) is 0 Å². The first-order valence-corrected chi connectivity index (χ1v) is 4.99. The van der Waals surface area contributed by atoms with Crippen LogP contribution in [0.1, 0.15) is 5.56 Å². The van der Waals surface area contributed by atoms with Gasteiger partial charge >= 0.3 is 6.09 Å². The summed E-state index contributed by atoms with van der Waals surface area (Å²) in [4.78, 5) is 12.8. The van der Waals surface area contributed by atoms with Gasteiger partial charge in [-0.3, -0.25) is 0 Å². The van der Waals surface area contributed by atoms with Crippen molar-refractivity contribution >= 4 is 12.2 Å². The Balaban J connectivity index is 1.88. The van der Waals surface area contributed by atoms with E-state index in [4.69, 9.17) is 4.74 Å². The zero-order valence-electron chi connectivity index (χ0n) is 8.43. The van der Waals surface area contributed by atoms with Gasteiger partial charge in [-0.2, -0.15) is 0 Å². The van der Waals surface area contributed by atoms with Crippen LogP contribution in [0, 0.1) is 0 Å². The molecule has 0 bridgehead atoms. The number of carbonyl (C=O) groups is 1. The zero-order chi connectivity index (χ0) is 10.5. The molecule has 0 N–H and O–H groups in total. The molecule has 0 spiro atoms. The summed E-state index contributed by atoms with van der Waals surface area (Å²) in [5.74, 6) is 0. The van der Waals surface area contributed by atoms with Gasteiger partial charge in [-0.25, -0.2) is 4.79 Å². The van der Waals surface area contributed by atoms with Crippen molar-refractivity contribution in [1.82, 2.24) is 4.90 Å². The summed E-state index contributed by atoms with van der Waals surface area (Å²) in [7, 11) is 0. The number of amides is 1. The van der Waals surface area contributed by atoms with Gasteiger partial charge in [-0.15, -0.1) is 0 Å². The van der Waals surface area contributed by atoms with Crippen molar-refractivity contribution in [3.8, 4) is 0 Å². The number of rotatable bonds is 3. The van der Waals surface area contributed by atoms with Gasteiger partial charge in [0.05, 0.1) is 6.54 Å². The molecular formula is C12H13NO2. The molecule has 1 saturated heterocycles. The second-order valence-electron chi connectivity index (χ2n) is 3.37. The number of hydrogen-bond donors (Lipinski definition) is 0. The summed E-state index contributed by atoms with van der Waals surface area (Å²) in [6, 6.07) is 10.0. The van der Waals surface area contributed by atoms with Gasteiger partial charge in [0, 0.05) is 6.54 Å². The Morgan fingerprint density at radius 3 is 2.80 bits per heavy atom. The molecule has 0 aliphatic carbocycles. The van der Waals surface area contributed by atoms with E-state index < -0.39 is 0 Å². The first-order chi connectivity index (χ1) is 7.36. The fourth-order valence-electron chi connectivity index (χ4n) is 1.47. The summed E-state index contributed by atoms with van der Waals surface area (Å²) in [6.45, 7) is 1.82. The van der Waals surface area contributed by atoms with Crippen LogP contribution < -0.4 is 0 Å². The molecule has 0 saturated carbocycles. The van der Waals surface area contributed by atoms with E-state index in [0.717, 1.165) is 5.56 Å². The number of benzene rings is 1. The Bertz CT molecular complexity index is 359. The molecule has 1 fully saturated rings. The molecule has 2 rings (SSSR count). The van der Waals surface area contributed by atoms with Gasteiger partial charge in [0.1, 0.15) is 6.61 Å². The molecule has 1 aromatic carbocycles. The fourth-order valence-corrected chi connectivity index (χ4v) is 1.47. The Morgan fingerprint density at radius 2 is 2.13 bits per heavy atom. The Morgan fingerprint density at radius 1 is 1.33 bits per heavy atom. The predicted octanol–water partition coefficient (Wildman–Crippen LogP) is 2.15. The van der Waals surface area contributed by atoms with Crippen LogP contribution in [-0.2, 0) is 4.74 Å². The summed E-state index contributed by atoms with van der Waals surface area (Å²) in [5.41, 5.74) is 1.14. The fraction of sp³-hybridized carbons (Fsp3) is 0.250. The van der Waals surface area contributed by atoms with Crippen LogP contribution >= 0.6 is 0 Å². The number of hydrogen-bond acceptors (Lipinski definition) is 2. The Kier molecular flexibility index (Phi) is 3.02. The minimum absolute atomic E-state index is 0.215. The first kappa shape index (κ1) is 9.77. The molecule has 0 unspecified atom stereocenters. The third-order valence-corrected chi connectivity index (χ3v) is 2.28. The molecular weight excluding hydrogens is 190 g/mol. The van der Waals surface area contributed by atoms with E-state index in [9.17, 15) is 4.79 Å². The molecule has 0 aromatic heterocycles. The minimum atomic E-state index is -0.215. The first-order valence-electron chi connectivity index (χ1n) is 4.99. The quantitative estimate of drug-likeness (QED) is 0.753. The third-order valence-electron chi connectivity index (χ3n) is 2.28. The SMILES string of the molecule is O=C1OCCN1C/C=C\c1ccccc1. The van der Waals surface area contributed by atoms with Gasteiger partial charge in [0.25, 0.3) is 0 Å². The maximum absolute atomic E-state index is 11.1. The molecule has 0 radical (unpaired) electrons. The molecule has 1 aromatic rings. The normalized spacial score (nSPS) is 16.0. The molecule has 3 heteroatoms. The molecule has 1 aliphatic heterocycles. The summed E-state index contributed by atoms with van der Waals surface area (Å²) >= 11 is 0. The number of nitrogens with zero attached hydrogens (tertiary/aromatic N) is 1. The molecule has 3 nitrogen and oxygen atoms in total. The topological polar surface area (TPSA) is 29.5 Å². The third kappa shape index (κ3) is 2.59. The Labute approximate surface area is 89.0 Å². The minimum Gasteiger partial charge on any atom is -0.448 e. The second-order valence-corrected chi connectivity index (χ2v) is 3.37. The lowest BCUT2D eigenvalue weighted by Gasteiger charge is -2.07. The van der Waals surface area contributed by atoms with Crippen molar-refractivity contribution in [2.75, 3.05) is 19.7 Å². The van der Waals surface area contributed by atoms with Crippen LogP contribution in [0.25, 0.3) is 6.08 Å². The highest BCUT2D eigenvalue weighted by Crippen LogP contribution is 2.05. The zero-order valence-corrected chi connectivity index (χ0v) is 8.43. The highest BCUT2D eigenvalue weighted by Gasteiger charge is 2.19. The average molecular weight is 203 g/mol. The lowest BCUT2D eigenvalue weighted by Crippen LogP contribution is -2.23. The number of ether oxygens (including phenoxy) is 1. The molecule has 0 atom stereocenters. The standard InChI is InChI=1S/C12H13NO2/c14-12-13(9-10-15-12)8-4-7-11-5-2-1-3-6-11/h1-7H,8-10H2/b7-4-. The maximum atomic E-state index is 11.1. The van der Waals surface area contributed by atoms with Crippen LogP contribution in [0.2, 0.25) is 0 Å². The second kappa shape index (κ2) is 4.64.